The van der Waals surface area contributed by atoms with E-state index in [1.165, 1.54) is 16.2 Å². The molecule has 4 rings (SSSR count). The van der Waals surface area contributed by atoms with Crippen molar-refractivity contribution in [2.24, 2.45) is 0 Å². The molecule has 2 aromatic carbocycles. The predicted molar refractivity (Wildman–Crippen MR) is 115 cm³/mol. The number of carbonyl (C=O) groups excluding carboxylic acids is 3. The first kappa shape index (κ1) is 19.8. The summed E-state index contributed by atoms with van der Waals surface area (Å²) in [6.07, 6.45) is -0.0468. The lowest BCUT2D eigenvalue weighted by Crippen LogP contribution is -2.44. The summed E-state index contributed by atoms with van der Waals surface area (Å²) in [5, 5.41) is 1.82. The number of rotatable bonds is 6. The number of amides is 3. The van der Waals surface area contributed by atoms with Crippen LogP contribution < -0.4 is 9.64 Å². The van der Waals surface area contributed by atoms with E-state index in [1.54, 1.807) is 43.5 Å². The summed E-state index contributed by atoms with van der Waals surface area (Å²) in [6.45, 7) is 0.248. The van der Waals surface area contributed by atoms with E-state index < -0.39 is 11.9 Å². The Morgan fingerprint density at radius 2 is 1.80 bits per heavy atom. The number of hydrogen-bond acceptors (Lipinski definition) is 5. The van der Waals surface area contributed by atoms with E-state index in [1.807, 2.05) is 35.7 Å². The van der Waals surface area contributed by atoms with Gasteiger partial charge < -0.3 is 9.64 Å². The molecule has 2 heterocycles. The summed E-state index contributed by atoms with van der Waals surface area (Å²) in [7, 11) is 1.55. The van der Waals surface area contributed by atoms with Crippen molar-refractivity contribution in [3.05, 3.63) is 82.6 Å². The third-order valence-corrected chi connectivity index (χ3v) is 5.88. The fourth-order valence-corrected chi connectivity index (χ4v) is 4.19. The maximum Gasteiger partial charge on any atom is 0.264 e. The van der Waals surface area contributed by atoms with E-state index in [2.05, 4.69) is 0 Å². The number of thiophene rings is 1. The average molecular weight is 420 g/mol. The Morgan fingerprint density at radius 1 is 1.07 bits per heavy atom. The van der Waals surface area contributed by atoms with Gasteiger partial charge in [0.1, 0.15) is 11.8 Å². The second-order valence-electron chi connectivity index (χ2n) is 6.88. The quantitative estimate of drug-likeness (QED) is 0.570. The van der Waals surface area contributed by atoms with Crippen LogP contribution in [0.25, 0.3) is 0 Å². The summed E-state index contributed by atoms with van der Waals surface area (Å²) in [5.41, 5.74) is 1.36. The van der Waals surface area contributed by atoms with Gasteiger partial charge in [0.15, 0.2) is 0 Å². The number of hydrogen-bond donors (Lipinski definition) is 0. The van der Waals surface area contributed by atoms with Crippen molar-refractivity contribution in [1.29, 1.82) is 0 Å². The first-order valence-corrected chi connectivity index (χ1v) is 10.4. The van der Waals surface area contributed by atoms with Gasteiger partial charge in [0.25, 0.3) is 11.8 Å². The van der Waals surface area contributed by atoms with Crippen molar-refractivity contribution < 1.29 is 19.1 Å². The van der Waals surface area contributed by atoms with Gasteiger partial charge >= 0.3 is 0 Å². The zero-order valence-electron chi connectivity index (χ0n) is 16.4. The van der Waals surface area contributed by atoms with Crippen LogP contribution in [0, 0.1) is 0 Å². The molecule has 6 nitrogen and oxygen atoms in total. The van der Waals surface area contributed by atoms with Crippen LogP contribution in [0.2, 0.25) is 0 Å². The van der Waals surface area contributed by atoms with Crippen LogP contribution >= 0.6 is 11.3 Å². The highest BCUT2D eigenvalue weighted by Gasteiger charge is 2.44. The lowest BCUT2D eigenvalue weighted by atomic mass is 10.1. The molecule has 0 N–H and O–H groups in total. The maximum absolute atomic E-state index is 13.3. The lowest BCUT2D eigenvalue weighted by molar-refractivity contribution is -0.122. The van der Waals surface area contributed by atoms with Gasteiger partial charge in [-0.2, -0.15) is 0 Å². The van der Waals surface area contributed by atoms with Crippen molar-refractivity contribution in [3.8, 4) is 5.75 Å². The molecule has 152 valence electrons. The fourth-order valence-electron chi connectivity index (χ4n) is 3.51. The van der Waals surface area contributed by atoms with Crippen molar-refractivity contribution in [2.45, 2.75) is 19.0 Å². The van der Waals surface area contributed by atoms with Gasteiger partial charge in [-0.25, -0.2) is 4.90 Å². The first-order valence-electron chi connectivity index (χ1n) is 9.47. The molecule has 1 aromatic heterocycles. The van der Waals surface area contributed by atoms with Crippen LogP contribution in [0.1, 0.15) is 21.7 Å². The highest BCUT2D eigenvalue weighted by atomic mass is 32.1. The molecule has 0 radical (unpaired) electrons. The Morgan fingerprint density at radius 3 is 2.43 bits per heavy atom. The van der Waals surface area contributed by atoms with Gasteiger partial charge in [-0.15, -0.1) is 11.3 Å². The molecule has 0 bridgehead atoms. The summed E-state index contributed by atoms with van der Waals surface area (Å²) in [6, 6.07) is 18.9. The molecular formula is C23H20N2O4S. The summed E-state index contributed by atoms with van der Waals surface area (Å²) in [4.78, 5) is 42.4. The largest absolute Gasteiger partial charge is 0.497 e. The van der Waals surface area contributed by atoms with Gasteiger partial charge in [0, 0.05) is 6.54 Å². The lowest BCUT2D eigenvalue weighted by Gasteiger charge is -2.27. The van der Waals surface area contributed by atoms with Crippen molar-refractivity contribution in [3.63, 3.8) is 0 Å². The fraction of sp³-hybridized carbons (Fsp3) is 0.174. The molecule has 30 heavy (non-hydrogen) atoms. The molecule has 0 aliphatic carbocycles. The van der Waals surface area contributed by atoms with Gasteiger partial charge in [-0.1, -0.05) is 36.4 Å². The minimum Gasteiger partial charge on any atom is -0.497 e. The van der Waals surface area contributed by atoms with Crippen LogP contribution in [-0.2, 0) is 16.1 Å². The normalized spacial score (nSPS) is 16.0. The Hall–Kier alpha value is -3.45. The van der Waals surface area contributed by atoms with Gasteiger partial charge in [0.05, 0.1) is 24.1 Å². The third-order valence-electron chi connectivity index (χ3n) is 5.02. The second kappa shape index (κ2) is 8.51. The van der Waals surface area contributed by atoms with Crippen LogP contribution in [-0.4, -0.2) is 35.8 Å². The van der Waals surface area contributed by atoms with Crippen molar-refractivity contribution in [2.75, 3.05) is 12.0 Å². The number of benzene rings is 2. The Bertz CT molecular complexity index is 1050. The van der Waals surface area contributed by atoms with Gasteiger partial charge in [0.2, 0.25) is 5.91 Å². The zero-order valence-corrected chi connectivity index (χ0v) is 17.2. The molecule has 1 saturated heterocycles. The maximum atomic E-state index is 13.3. The summed E-state index contributed by atoms with van der Waals surface area (Å²) < 4.78 is 5.14. The van der Waals surface area contributed by atoms with Crippen LogP contribution in [0.15, 0.2) is 72.1 Å². The molecule has 1 unspecified atom stereocenters. The second-order valence-corrected chi connectivity index (χ2v) is 7.83. The van der Waals surface area contributed by atoms with Crippen LogP contribution in [0.3, 0.4) is 0 Å². The van der Waals surface area contributed by atoms with Gasteiger partial charge in [-0.3, -0.25) is 14.4 Å². The molecule has 1 aliphatic heterocycles. The van der Waals surface area contributed by atoms with Crippen LogP contribution in [0.5, 0.6) is 5.75 Å². The minimum absolute atomic E-state index is 0.0468. The van der Waals surface area contributed by atoms with E-state index >= 15 is 0 Å². The zero-order chi connectivity index (χ0) is 21.1. The number of imide groups is 1. The molecule has 0 spiro atoms. The van der Waals surface area contributed by atoms with E-state index in [0.29, 0.717) is 16.3 Å². The molecule has 1 aliphatic rings. The van der Waals surface area contributed by atoms with E-state index in [4.69, 9.17) is 4.74 Å². The van der Waals surface area contributed by atoms with E-state index in [-0.39, 0.29) is 24.8 Å². The van der Waals surface area contributed by atoms with E-state index in [9.17, 15) is 14.4 Å². The van der Waals surface area contributed by atoms with Crippen LogP contribution in [0.4, 0.5) is 5.69 Å². The molecule has 1 fully saturated rings. The Balaban J connectivity index is 1.65. The summed E-state index contributed by atoms with van der Waals surface area (Å²) >= 11 is 1.32. The molecule has 1 atom stereocenters. The van der Waals surface area contributed by atoms with Crippen molar-refractivity contribution >= 4 is 34.7 Å². The Labute approximate surface area is 178 Å². The molecule has 3 aromatic rings. The number of methoxy groups -OCH3 is 1. The molecule has 0 saturated carbocycles. The van der Waals surface area contributed by atoms with E-state index in [0.717, 1.165) is 10.5 Å². The molecular weight excluding hydrogens is 400 g/mol. The SMILES string of the molecule is COc1ccc(N2C(=O)CC(N(Cc3ccccc3)C(=O)c3cccs3)C2=O)cc1. The molecule has 3 amide bonds. The minimum atomic E-state index is -0.852. The smallest absolute Gasteiger partial charge is 0.264 e. The summed E-state index contributed by atoms with van der Waals surface area (Å²) in [5.74, 6) is -0.345. The van der Waals surface area contributed by atoms with Crippen molar-refractivity contribution in [1.82, 2.24) is 4.90 Å². The molecule has 7 heteroatoms. The highest BCUT2D eigenvalue weighted by Crippen LogP contribution is 2.29. The topological polar surface area (TPSA) is 66.9 Å². The number of nitrogens with zero attached hydrogens (tertiary/aromatic N) is 2. The number of carbonyl (C=O) groups is 3. The predicted octanol–water partition coefficient (Wildman–Crippen LogP) is 3.73. The average Bonchev–Trinajstić information content (AvgIpc) is 3.41. The van der Waals surface area contributed by atoms with Gasteiger partial charge in [-0.05, 0) is 41.3 Å². The third kappa shape index (κ3) is 3.84. The monoisotopic (exact) mass is 420 g/mol. The Kier molecular flexibility index (Phi) is 5.63. The highest BCUT2D eigenvalue weighted by molar-refractivity contribution is 7.12. The standard InChI is InChI=1S/C23H20N2O4S/c1-29-18-11-9-17(10-12-18)25-21(26)14-19(22(25)27)24(15-16-6-3-2-4-7-16)23(28)20-8-5-13-30-20/h2-13,19H,14-15H2,1H3. The number of ether oxygens (including phenoxy) is 1. The number of anilines is 1. The first-order chi connectivity index (χ1) is 14.6.